The van der Waals surface area contributed by atoms with Crippen LogP contribution in [0.25, 0.3) is 55.0 Å². The lowest BCUT2D eigenvalue weighted by Crippen LogP contribution is -2.10. The molecular weight excluding hydrogens is 609 g/mol. The minimum absolute atomic E-state index is 0.0189. The van der Waals surface area contributed by atoms with E-state index in [9.17, 15) is 4.79 Å². The zero-order valence-corrected chi connectivity index (χ0v) is 32.0. The highest BCUT2D eigenvalue weighted by atomic mass is 16.1. The molecule has 0 spiro atoms. The summed E-state index contributed by atoms with van der Waals surface area (Å²) in [6, 6.07) is 33.9. The van der Waals surface area contributed by atoms with Crippen LogP contribution in [0.5, 0.6) is 0 Å². The molecule has 0 atom stereocenters. The molecule has 0 bridgehead atoms. The SMILES string of the molecule is CC(C)(C)c1ccc2c(c1)c1cc(C(C)(C)C)ccc1n2-c1cc(C=O)cc(-n2c3ccc(C(C)(C)C)cc3c3cc(C(C)(C)C)ccc32)c1. The second-order valence-electron chi connectivity index (χ2n) is 18.5. The Morgan fingerprint density at radius 1 is 0.380 bits per heavy atom. The van der Waals surface area contributed by atoms with Crippen molar-refractivity contribution in [3.8, 4) is 11.4 Å². The van der Waals surface area contributed by atoms with Crippen molar-refractivity contribution in [3.05, 3.63) is 119 Å². The molecule has 0 unspecified atom stereocenters. The van der Waals surface area contributed by atoms with E-state index in [1.54, 1.807) is 0 Å². The largest absolute Gasteiger partial charge is 0.309 e. The quantitative estimate of drug-likeness (QED) is 0.173. The van der Waals surface area contributed by atoms with E-state index in [1.807, 2.05) is 12.1 Å². The van der Waals surface area contributed by atoms with E-state index >= 15 is 0 Å². The molecule has 256 valence electrons. The third kappa shape index (κ3) is 5.65. The molecule has 3 heteroatoms. The van der Waals surface area contributed by atoms with E-state index in [0.717, 1.165) is 39.7 Å². The van der Waals surface area contributed by atoms with Gasteiger partial charge >= 0.3 is 0 Å². The number of hydrogen-bond donors (Lipinski definition) is 0. The highest BCUT2D eigenvalue weighted by Gasteiger charge is 2.24. The molecule has 7 aromatic rings. The van der Waals surface area contributed by atoms with Crippen LogP contribution in [0.3, 0.4) is 0 Å². The molecule has 2 heterocycles. The number of carbonyl (C=O) groups is 1. The number of nitrogens with zero attached hydrogens (tertiary/aromatic N) is 2. The molecule has 0 amide bonds. The molecule has 3 nitrogen and oxygen atoms in total. The summed E-state index contributed by atoms with van der Waals surface area (Å²) in [5.74, 6) is 0. The van der Waals surface area contributed by atoms with Crippen molar-refractivity contribution >= 4 is 49.9 Å². The van der Waals surface area contributed by atoms with Crippen LogP contribution in [0.1, 0.15) is 116 Å². The molecule has 0 radical (unpaired) electrons. The van der Waals surface area contributed by atoms with E-state index in [4.69, 9.17) is 0 Å². The lowest BCUT2D eigenvalue weighted by Gasteiger charge is -2.19. The summed E-state index contributed by atoms with van der Waals surface area (Å²) in [6.45, 7) is 27.3. The van der Waals surface area contributed by atoms with Gasteiger partial charge in [-0.3, -0.25) is 4.79 Å². The molecule has 2 aromatic heterocycles. The second-order valence-corrected chi connectivity index (χ2v) is 18.5. The normalized spacial score (nSPS) is 13.3. The average Bonchev–Trinajstić information content (AvgIpc) is 3.54. The maximum Gasteiger partial charge on any atom is 0.150 e. The Balaban J connectivity index is 1.56. The third-order valence-electron chi connectivity index (χ3n) is 10.6. The molecule has 0 saturated heterocycles. The van der Waals surface area contributed by atoms with Gasteiger partial charge in [-0.25, -0.2) is 0 Å². The Hall–Kier alpha value is -4.63. The highest BCUT2D eigenvalue weighted by molar-refractivity contribution is 6.11. The first-order chi connectivity index (χ1) is 23.3. The summed E-state index contributed by atoms with van der Waals surface area (Å²) in [5, 5.41) is 4.94. The van der Waals surface area contributed by atoms with Crippen molar-refractivity contribution in [2.24, 2.45) is 0 Å². The Morgan fingerprint density at radius 3 is 0.860 bits per heavy atom. The van der Waals surface area contributed by atoms with Gasteiger partial charge in [0.25, 0.3) is 0 Å². The average molecular weight is 661 g/mol. The fourth-order valence-electron chi connectivity index (χ4n) is 7.41. The number of hydrogen-bond acceptors (Lipinski definition) is 1. The highest BCUT2D eigenvalue weighted by Crippen LogP contribution is 2.41. The van der Waals surface area contributed by atoms with Gasteiger partial charge in [0.2, 0.25) is 0 Å². The van der Waals surface area contributed by atoms with Crippen LogP contribution in [0.15, 0.2) is 91.0 Å². The third-order valence-corrected chi connectivity index (χ3v) is 10.6. The Bertz CT molecular complexity index is 2160. The van der Waals surface area contributed by atoms with E-state index in [-0.39, 0.29) is 21.7 Å². The van der Waals surface area contributed by atoms with Crippen LogP contribution < -0.4 is 0 Å². The number of aldehydes is 1. The number of benzene rings is 5. The van der Waals surface area contributed by atoms with Gasteiger partial charge in [-0.15, -0.1) is 0 Å². The van der Waals surface area contributed by atoms with Crippen molar-refractivity contribution in [2.75, 3.05) is 0 Å². The molecule has 0 fully saturated rings. The van der Waals surface area contributed by atoms with Crippen molar-refractivity contribution in [2.45, 2.75) is 105 Å². The van der Waals surface area contributed by atoms with Crippen LogP contribution in [-0.4, -0.2) is 15.4 Å². The Kier molecular flexibility index (Phi) is 7.57. The van der Waals surface area contributed by atoms with E-state index in [1.165, 1.54) is 43.8 Å². The van der Waals surface area contributed by atoms with Crippen LogP contribution in [0, 0.1) is 0 Å². The molecule has 5 aromatic carbocycles. The van der Waals surface area contributed by atoms with Crippen molar-refractivity contribution < 1.29 is 4.79 Å². The van der Waals surface area contributed by atoms with Gasteiger partial charge in [0.15, 0.2) is 0 Å². The fraction of sp³-hybridized carbons (Fsp3) is 0.340. The number of fused-ring (bicyclic) bond motifs is 6. The lowest BCUT2D eigenvalue weighted by atomic mass is 9.85. The second kappa shape index (κ2) is 11.2. The van der Waals surface area contributed by atoms with Crippen LogP contribution in [-0.2, 0) is 21.7 Å². The molecule has 7 rings (SSSR count). The van der Waals surface area contributed by atoms with Gasteiger partial charge in [0.1, 0.15) is 6.29 Å². The fourth-order valence-corrected chi connectivity index (χ4v) is 7.41. The Labute approximate surface area is 297 Å². The summed E-state index contributed by atoms with van der Waals surface area (Å²) >= 11 is 0. The van der Waals surface area contributed by atoms with Gasteiger partial charge in [0.05, 0.1) is 22.1 Å². The van der Waals surface area contributed by atoms with Crippen LogP contribution in [0.4, 0.5) is 0 Å². The summed E-state index contributed by atoms with van der Waals surface area (Å²) in [6.07, 6.45) is 0.986. The zero-order valence-electron chi connectivity index (χ0n) is 32.0. The lowest BCUT2D eigenvalue weighted by molar-refractivity contribution is 0.112. The van der Waals surface area contributed by atoms with Crippen LogP contribution in [0.2, 0.25) is 0 Å². The Morgan fingerprint density at radius 2 is 0.640 bits per heavy atom. The molecule has 0 saturated carbocycles. The summed E-state index contributed by atoms with van der Waals surface area (Å²) in [4.78, 5) is 12.7. The minimum Gasteiger partial charge on any atom is -0.309 e. The molecule has 0 aliphatic heterocycles. The van der Waals surface area contributed by atoms with E-state index < -0.39 is 0 Å². The number of carbonyl (C=O) groups excluding carboxylic acids is 1. The van der Waals surface area contributed by atoms with E-state index in [0.29, 0.717) is 5.56 Å². The predicted molar refractivity (Wildman–Crippen MR) is 215 cm³/mol. The number of rotatable bonds is 3. The summed E-state index contributed by atoms with van der Waals surface area (Å²) in [7, 11) is 0. The molecule has 50 heavy (non-hydrogen) atoms. The molecule has 0 aliphatic rings. The van der Waals surface area contributed by atoms with Crippen LogP contribution >= 0.6 is 0 Å². The van der Waals surface area contributed by atoms with Gasteiger partial charge in [-0.1, -0.05) is 107 Å². The van der Waals surface area contributed by atoms with Crippen molar-refractivity contribution in [1.82, 2.24) is 9.13 Å². The van der Waals surface area contributed by atoms with Gasteiger partial charge in [0, 0.05) is 38.5 Å². The standard InChI is InChI=1S/C47H52N2O/c1-44(2,3)30-13-17-40-36(23-30)37-24-31(45(4,5)6)14-18-41(37)48(40)34-21-29(28-50)22-35(27-34)49-42-19-15-32(46(7,8)9)25-38(42)39-26-33(47(10,11)12)16-20-43(39)49/h13-28H,1-12H3. The monoisotopic (exact) mass is 660 g/mol. The zero-order chi connectivity index (χ0) is 36.1. The van der Waals surface area contributed by atoms with E-state index in [2.05, 4.69) is 171 Å². The van der Waals surface area contributed by atoms with Crippen molar-refractivity contribution in [1.29, 1.82) is 0 Å². The van der Waals surface area contributed by atoms with Gasteiger partial charge in [-0.05, 0) is 111 Å². The molecular formula is C47H52N2O. The maximum atomic E-state index is 12.7. The first-order valence-corrected chi connectivity index (χ1v) is 18.1. The van der Waals surface area contributed by atoms with Gasteiger partial charge < -0.3 is 9.13 Å². The first kappa shape index (κ1) is 33.8. The van der Waals surface area contributed by atoms with Crippen molar-refractivity contribution in [3.63, 3.8) is 0 Å². The topological polar surface area (TPSA) is 26.9 Å². The predicted octanol–water partition coefficient (Wildman–Crippen LogP) is 12.9. The molecule has 0 aliphatic carbocycles. The summed E-state index contributed by atoms with van der Waals surface area (Å²) < 4.78 is 4.70. The van der Waals surface area contributed by atoms with Gasteiger partial charge in [-0.2, -0.15) is 0 Å². The molecule has 0 N–H and O–H groups in total. The first-order valence-electron chi connectivity index (χ1n) is 18.1. The summed E-state index contributed by atoms with van der Waals surface area (Å²) in [5.41, 5.74) is 12.5. The minimum atomic E-state index is 0.0189. The maximum absolute atomic E-state index is 12.7. The smallest absolute Gasteiger partial charge is 0.150 e. The number of aromatic nitrogens is 2.